The molecule has 4 rings (SSSR count). The van der Waals surface area contributed by atoms with Crippen LogP contribution in [0.1, 0.15) is 21.6 Å². The maximum Gasteiger partial charge on any atom is 0.408 e. The van der Waals surface area contributed by atoms with Crippen LogP contribution in [0.4, 0.5) is 18.9 Å². The fraction of sp³-hybridized carbons (Fsp3) is 0.316. The Morgan fingerprint density at radius 2 is 1.94 bits per heavy atom. The molecule has 0 saturated heterocycles. The summed E-state index contributed by atoms with van der Waals surface area (Å²) < 4.78 is 49.0. The van der Waals surface area contributed by atoms with Crippen molar-refractivity contribution in [3.63, 3.8) is 0 Å². The van der Waals surface area contributed by atoms with Crippen molar-refractivity contribution in [2.45, 2.75) is 26.2 Å². The van der Waals surface area contributed by atoms with Crippen LogP contribution in [-0.2, 0) is 13.1 Å². The fourth-order valence-corrected chi connectivity index (χ4v) is 3.41. The molecule has 0 aliphatic carbocycles. The van der Waals surface area contributed by atoms with E-state index in [0.717, 1.165) is 4.68 Å². The molecule has 0 radical (unpaired) electrons. The van der Waals surface area contributed by atoms with Crippen LogP contribution in [0.5, 0.6) is 11.8 Å². The van der Waals surface area contributed by atoms with Crippen LogP contribution in [0.2, 0.25) is 0 Å². The number of fused-ring (bicyclic) bond motifs is 1. The van der Waals surface area contributed by atoms with Crippen molar-refractivity contribution in [2.75, 3.05) is 19.1 Å². The molecule has 4 heterocycles. The molecular formula is C19H17F3N6O3. The van der Waals surface area contributed by atoms with Crippen molar-refractivity contribution in [3.8, 4) is 23.0 Å². The topological polar surface area (TPSA) is 95.3 Å². The standard InChI is InChI=1S/C19H17F3N6O3/c1-10-4-13(12-5-15(30-2)25-26-17(12)31-3)24-14-8-28(18(29)16(10)14)11-6-23-27(7-11)9-19(20,21)22/h4-7H,8-9H2,1-3H3. The second kappa shape index (κ2) is 7.52. The third-order valence-electron chi connectivity index (χ3n) is 4.75. The highest BCUT2D eigenvalue weighted by Crippen LogP contribution is 2.35. The summed E-state index contributed by atoms with van der Waals surface area (Å²) in [5.41, 5.74) is 2.85. The molecule has 9 nitrogen and oxygen atoms in total. The smallest absolute Gasteiger partial charge is 0.408 e. The predicted octanol–water partition coefficient (Wildman–Crippen LogP) is 2.78. The Morgan fingerprint density at radius 3 is 2.61 bits per heavy atom. The van der Waals surface area contributed by atoms with Crippen molar-refractivity contribution in [2.24, 2.45) is 0 Å². The predicted molar refractivity (Wildman–Crippen MR) is 102 cm³/mol. The van der Waals surface area contributed by atoms with Gasteiger partial charge in [-0.2, -0.15) is 18.3 Å². The van der Waals surface area contributed by atoms with Crippen LogP contribution in [0, 0.1) is 6.92 Å². The van der Waals surface area contributed by atoms with Gasteiger partial charge in [0.15, 0.2) is 0 Å². The normalized spacial score (nSPS) is 13.5. The summed E-state index contributed by atoms with van der Waals surface area (Å²) in [5.74, 6) is 0.156. The van der Waals surface area contributed by atoms with Crippen LogP contribution in [0.15, 0.2) is 24.5 Å². The molecule has 1 amide bonds. The van der Waals surface area contributed by atoms with Gasteiger partial charge in [0, 0.05) is 12.3 Å². The molecule has 0 saturated carbocycles. The van der Waals surface area contributed by atoms with Crippen LogP contribution in [0.25, 0.3) is 11.3 Å². The summed E-state index contributed by atoms with van der Waals surface area (Å²) in [7, 11) is 2.90. The van der Waals surface area contributed by atoms with Gasteiger partial charge in [-0.3, -0.25) is 14.4 Å². The number of alkyl halides is 3. The lowest BCUT2D eigenvalue weighted by Crippen LogP contribution is -2.23. The van der Waals surface area contributed by atoms with Gasteiger partial charge in [0.1, 0.15) is 6.54 Å². The minimum atomic E-state index is -4.41. The highest BCUT2D eigenvalue weighted by molar-refractivity contribution is 6.10. The van der Waals surface area contributed by atoms with E-state index in [1.165, 1.54) is 31.5 Å². The monoisotopic (exact) mass is 434 g/mol. The van der Waals surface area contributed by atoms with Crippen molar-refractivity contribution < 1.29 is 27.4 Å². The lowest BCUT2D eigenvalue weighted by atomic mass is 10.0. The number of nitrogens with zero attached hydrogens (tertiary/aromatic N) is 6. The van der Waals surface area contributed by atoms with Crippen molar-refractivity contribution in [1.82, 2.24) is 25.0 Å². The van der Waals surface area contributed by atoms with Gasteiger partial charge in [0.2, 0.25) is 11.8 Å². The summed E-state index contributed by atoms with van der Waals surface area (Å²) in [5, 5.41) is 11.5. The lowest BCUT2D eigenvalue weighted by molar-refractivity contribution is -0.142. The SMILES string of the molecule is COc1cc(-c2cc(C)c3c(n2)CN(c2cnn(CC(F)(F)F)c2)C3=O)c(OC)nn1. The Kier molecular flexibility index (Phi) is 4.99. The molecule has 0 fully saturated rings. The Bertz CT molecular complexity index is 1160. The second-order valence-corrected chi connectivity index (χ2v) is 6.86. The number of ether oxygens (including phenoxy) is 2. The van der Waals surface area contributed by atoms with Gasteiger partial charge in [0.05, 0.1) is 55.2 Å². The number of pyridine rings is 1. The van der Waals surface area contributed by atoms with E-state index < -0.39 is 12.7 Å². The van der Waals surface area contributed by atoms with Gasteiger partial charge in [-0.05, 0) is 18.6 Å². The molecule has 12 heteroatoms. The largest absolute Gasteiger partial charge is 0.480 e. The maximum absolute atomic E-state index is 12.9. The van der Waals surface area contributed by atoms with E-state index in [0.29, 0.717) is 28.1 Å². The molecule has 0 aromatic carbocycles. The third kappa shape index (κ3) is 3.88. The first-order valence-electron chi connectivity index (χ1n) is 9.08. The minimum Gasteiger partial charge on any atom is -0.480 e. The van der Waals surface area contributed by atoms with Gasteiger partial charge < -0.3 is 9.47 Å². The molecule has 162 valence electrons. The number of aromatic nitrogens is 5. The molecule has 0 unspecified atom stereocenters. The molecule has 0 spiro atoms. The van der Waals surface area contributed by atoms with Crippen LogP contribution < -0.4 is 14.4 Å². The average molecular weight is 434 g/mol. The average Bonchev–Trinajstić information content (AvgIpc) is 3.30. The molecule has 3 aromatic rings. The Hall–Kier alpha value is -3.70. The minimum absolute atomic E-state index is 0.0958. The third-order valence-corrected chi connectivity index (χ3v) is 4.75. The summed E-state index contributed by atoms with van der Waals surface area (Å²) in [6, 6.07) is 3.34. The number of hydrogen-bond donors (Lipinski definition) is 0. The number of aryl methyl sites for hydroxylation is 1. The van der Waals surface area contributed by atoms with Gasteiger partial charge in [-0.15, -0.1) is 10.2 Å². The number of hydrogen-bond acceptors (Lipinski definition) is 7. The van der Waals surface area contributed by atoms with E-state index >= 15 is 0 Å². The summed E-state index contributed by atoms with van der Waals surface area (Å²) in [4.78, 5) is 18.9. The lowest BCUT2D eigenvalue weighted by Gasteiger charge is -2.12. The van der Waals surface area contributed by atoms with Crippen molar-refractivity contribution in [1.29, 1.82) is 0 Å². The number of amides is 1. The van der Waals surface area contributed by atoms with E-state index in [2.05, 4.69) is 20.3 Å². The number of methoxy groups -OCH3 is 2. The van der Waals surface area contributed by atoms with Gasteiger partial charge in [-0.25, -0.2) is 4.98 Å². The zero-order valence-corrected chi connectivity index (χ0v) is 16.8. The molecule has 0 bridgehead atoms. The highest BCUT2D eigenvalue weighted by Gasteiger charge is 2.34. The first kappa shape index (κ1) is 20.6. The Labute approximate surface area is 174 Å². The number of carbonyl (C=O) groups is 1. The molecule has 0 atom stereocenters. The first-order valence-corrected chi connectivity index (χ1v) is 9.08. The first-order chi connectivity index (χ1) is 14.7. The number of carbonyl (C=O) groups excluding carboxylic acids is 1. The summed E-state index contributed by atoms with van der Waals surface area (Å²) in [6.45, 7) is 0.620. The quantitative estimate of drug-likeness (QED) is 0.609. The number of halogens is 3. The van der Waals surface area contributed by atoms with Crippen LogP contribution in [0.3, 0.4) is 0 Å². The number of anilines is 1. The summed E-state index contributed by atoms with van der Waals surface area (Å²) >= 11 is 0. The molecule has 1 aliphatic rings. The van der Waals surface area contributed by atoms with E-state index in [4.69, 9.17) is 9.47 Å². The Balaban J connectivity index is 1.69. The van der Waals surface area contributed by atoms with E-state index in [-0.39, 0.29) is 29.9 Å². The van der Waals surface area contributed by atoms with E-state index in [1.54, 1.807) is 19.1 Å². The van der Waals surface area contributed by atoms with Crippen LogP contribution in [-0.4, -0.2) is 51.3 Å². The van der Waals surface area contributed by atoms with Gasteiger partial charge >= 0.3 is 6.18 Å². The van der Waals surface area contributed by atoms with Crippen molar-refractivity contribution in [3.05, 3.63) is 41.3 Å². The van der Waals surface area contributed by atoms with Crippen LogP contribution >= 0.6 is 0 Å². The fourth-order valence-electron chi connectivity index (χ4n) is 3.41. The zero-order chi connectivity index (χ0) is 22.3. The molecule has 31 heavy (non-hydrogen) atoms. The maximum atomic E-state index is 12.9. The van der Waals surface area contributed by atoms with E-state index in [1.807, 2.05) is 0 Å². The zero-order valence-electron chi connectivity index (χ0n) is 16.8. The highest BCUT2D eigenvalue weighted by atomic mass is 19.4. The summed E-state index contributed by atoms with van der Waals surface area (Å²) in [6.07, 6.45) is -1.99. The second-order valence-electron chi connectivity index (χ2n) is 6.86. The molecule has 3 aromatic heterocycles. The molecule has 1 aliphatic heterocycles. The van der Waals surface area contributed by atoms with Gasteiger partial charge in [0.25, 0.3) is 5.91 Å². The van der Waals surface area contributed by atoms with Gasteiger partial charge in [-0.1, -0.05) is 0 Å². The number of rotatable bonds is 5. The molecule has 0 N–H and O–H groups in total. The Morgan fingerprint density at radius 1 is 1.16 bits per heavy atom. The molecular weight excluding hydrogens is 417 g/mol. The van der Waals surface area contributed by atoms with Crippen molar-refractivity contribution >= 4 is 11.6 Å². The van der Waals surface area contributed by atoms with E-state index in [9.17, 15) is 18.0 Å².